The van der Waals surface area contributed by atoms with Gasteiger partial charge >= 0.3 is 5.97 Å². The van der Waals surface area contributed by atoms with Crippen LogP contribution in [0, 0.1) is 0 Å². The van der Waals surface area contributed by atoms with E-state index >= 15 is 0 Å². The number of hydrogen-bond acceptors (Lipinski definition) is 3. The van der Waals surface area contributed by atoms with Crippen LogP contribution in [0.3, 0.4) is 0 Å². The Bertz CT molecular complexity index is 564. The quantitative estimate of drug-likeness (QED) is 0.828. The van der Waals surface area contributed by atoms with E-state index in [4.69, 9.17) is 5.73 Å². The van der Waals surface area contributed by atoms with E-state index in [0.29, 0.717) is 12.8 Å². The van der Waals surface area contributed by atoms with Gasteiger partial charge in [-0.2, -0.15) is 0 Å². The number of methoxy groups -OCH3 is 1. The summed E-state index contributed by atoms with van der Waals surface area (Å²) in [6.07, 6.45) is 1.87. The fourth-order valence-corrected chi connectivity index (χ4v) is 2.26. The highest BCUT2D eigenvalue weighted by atomic mass is 16.5. The van der Waals surface area contributed by atoms with Crippen LogP contribution in [0.1, 0.15) is 35.6 Å². The molecule has 0 bridgehead atoms. The Hall–Kier alpha value is -2.13. The molecule has 0 saturated carbocycles. The van der Waals surface area contributed by atoms with Crippen molar-refractivity contribution < 1.29 is 9.53 Å². The number of rotatable bonds is 6. The maximum atomic E-state index is 11.1. The Morgan fingerprint density at radius 1 is 1.05 bits per heavy atom. The number of nitrogens with two attached hydrogens (primary N) is 1. The minimum absolute atomic E-state index is 0.130. The first-order valence-corrected chi connectivity index (χ1v) is 7.14. The van der Waals surface area contributed by atoms with Crippen LogP contribution >= 0.6 is 0 Å². The number of esters is 1. The number of carbonyl (C=O) groups is 1. The molecule has 1 atom stereocenters. The van der Waals surface area contributed by atoms with Crippen LogP contribution in [0.4, 0.5) is 0 Å². The molecule has 21 heavy (non-hydrogen) atoms. The lowest BCUT2D eigenvalue weighted by Crippen LogP contribution is -2.13. The van der Waals surface area contributed by atoms with E-state index in [1.807, 2.05) is 30.3 Å². The Morgan fingerprint density at radius 3 is 2.29 bits per heavy atom. The zero-order valence-corrected chi connectivity index (χ0v) is 12.3. The monoisotopic (exact) mass is 283 g/mol. The highest BCUT2D eigenvalue weighted by Gasteiger charge is 2.09. The molecule has 0 aliphatic heterocycles. The van der Waals surface area contributed by atoms with E-state index in [9.17, 15) is 4.79 Å². The SMILES string of the molecule is COC(=O)CCC(N)c1ccc(Cc2ccccc2)cc1. The van der Waals surface area contributed by atoms with Gasteiger partial charge in [-0.15, -0.1) is 0 Å². The molecule has 3 heteroatoms. The van der Waals surface area contributed by atoms with Crippen LogP contribution in [0.5, 0.6) is 0 Å². The molecule has 0 aliphatic carbocycles. The molecule has 0 spiro atoms. The molecule has 0 amide bonds. The Morgan fingerprint density at radius 2 is 1.67 bits per heavy atom. The predicted molar refractivity (Wildman–Crippen MR) is 83.9 cm³/mol. The highest BCUT2D eigenvalue weighted by Crippen LogP contribution is 2.18. The molecule has 0 aliphatic rings. The van der Waals surface area contributed by atoms with Crippen LogP contribution in [0.25, 0.3) is 0 Å². The number of ether oxygens (including phenoxy) is 1. The van der Waals surface area contributed by atoms with Crippen LogP contribution in [-0.2, 0) is 16.0 Å². The molecular weight excluding hydrogens is 262 g/mol. The summed E-state index contributed by atoms with van der Waals surface area (Å²) in [4.78, 5) is 11.1. The van der Waals surface area contributed by atoms with Gasteiger partial charge in [0, 0.05) is 12.5 Å². The van der Waals surface area contributed by atoms with Crippen LogP contribution in [0.2, 0.25) is 0 Å². The van der Waals surface area contributed by atoms with Crippen molar-refractivity contribution in [3.63, 3.8) is 0 Å². The molecule has 0 fully saturated rings. The molecule has 2 N–H and O–H groups in total. The van der Waals surface area contributed by atoms with E-state index in [2.05, 4.69) is 29.0 Å². The first-order valence-electron chi connectivity index (χ1n) is 7.14. The van der Waals surface area contributed by atoms with Gasteiger partial charge in [0.25, 0.3) is 0 Å². The van der Waals surface area contributed by atoms with E-state index in [1.54, 1.807) is 0 Å². The van der Waals surface area contributed by atoms with E-state index in [-0.39, 0.29) is 12.0 Å². The van der Waals surface area contributed by atoms with Gasteiger partial charge < -0.3 is 10.5 Å². The Balaban J connectivity index is 1.93. The standard InChI is InChI=1S/C18H21NO2/c1-21-18(20)12-11-17(19)16-9-7-15(8-10-16)13-14-5-3-2-4-6-14/h2-10,17H,11-13,19H2,1H3. The van der Waals surface area contributed by atoms with Gasteiger partial charge in [-0.1, -0.05) is 54.6 Å². The molecule has 0 saturated heterocycles. The molecule has 0 radical (unpaired) electrons. The first-order chi connectivity index (χ1) is 10.2. The van der Waals surface area contributed by atoms with Gasteiger partial charge in [0.05, 0.1) is 7.11 Å². The van der Waals surface area contributed by atoms with Crippen molar-refractivity contribution in [2.75, 3.05) is 7.11 Å². The average molecular weight is 283 g/mol. The molecule has 0 heterocycles. The molecule has 0 aromatic heterocycles. The van der Waals surface area contributed by atoms with Crippen molar-refractivity contribution in [3.8, 4) is 0 Å². The van der Waals surface area contributed by atoms with Gasteiger partial charge in [0.15, 0.2) is 0 Å². The van der Waals surface area contributed by atoms with Crippen molar-refractivity contribution in [1.82, 2.24) is 0 Å². The molecule has 2 aromatic carbocycles. The molecule has 2 aromatic rings. The largest absolute Gasteiger partial charge is 0.469 e. The zero-order chi connectivity index (χ0) is 15.1. The second kappa shape index (κ2) is 7.60. The molecule has 3 nitrogen and oxygen atoms in total. The van der Waals surface area contributed by atoms with Crippen LogP contribution < -0.4 is 5.73 Å². The van der Waals surface area contributed by atoms with Gasteiger partial charge in [-0.05, 0) is 29.5 Å². The summed E-state index contributed by atoms with van der Waals surface area (Å²) in [6.45, 7) is 0. The second-order valence-corrected chi connectivity index (χ2v) is 5.13. The van der Waals surface area contributed by atoms with Crippen LogP contribution in [0.15, 0.2) is 54.6 Å². The average Bonchev–Trinajstić information content (AvgIpc) is 2.54. The lowest BCUT2D eigenvalue weighted by atomic mass is 9.99. The lowest BCUT2D eigenvalue weighted by molar-refractivity contribution is -0.140. The first kappa shape index (κ1) is 15.3. The maximum absolute atomic E-state index is 11.1. The van der Waals surface area contributed by atoms with Crippen molar-refractivity contribution in [3.05, 3.63) is 71.3 Å². The number of hydrogen-bond donors (Lipinski definition) is 1. The summed E-state index contributed by atoms with van der Waals surface area (Å²) in [5, 5.41) is 0. The lowest BCUT2D eigenvalue weighted by Gasteiger charge is -2.12. The van der Waals surface area contributed by atoms with Gasteiger partial charge in [-0.3, -0.25) is 4.79 Å². The van der Waals surface area contributed by atoms with Crippen LogP contribution in [-0.4, -0.2) is 13.1 Å². The number of carbonyl (C=O) groups excluding carboxylic acids is 1. The molecule has 2 rings (SSSR count). The highest BCUT2D eigenvalue weighted by molar-refractivity contribution is 5.69. The van der Waals surface area contributed by atoms with Gasteiger partial charge in [0.2, 0.25) is 0 Å². The minimum atomic E-state index is -0.217. The summed E-state index contributed by atoms with van der Waals surface area (Å²) >= 11 is 0. The maximum Gasteiger partial charge on any atom is 0.305 e. The van der Waals surface area contributed by atoms with Crippen molar-refractivity contribution in [2.24, 2.45) is 5.73 Å². The van der Waals surface area contributed by atoms with E-state index in [1.165, 1.54) is 18.2 Å². The smallest absolute Gasteiger partial charge is 0.305 e. The fourth-order valence-electron chi connectivity index (χ4n) is 2.26. The molecule has 1 unspecified atom stereocenters. The van der Waals surface area contributed by atoms with Crippen molar-refractivity contribution in [1.29, 1.82) is 0 Å². The summed E-state index contributed by atoms with van der Waals surface area (Å²) in [5.74, 6) is -0.217. The summed E-state index contributed by atoms with van der Waals surface area (Å²) in [7, 11) is 1.40. The topological polar surface area (TPSA) is 52.3 Å². The minimum Gasteiger partial charge on any atom is -0.469 e. The number of benzene rings is 2. The summed E-state index contributed by atoms with van der Waals surface area (Å²) in [5.41, 5.74) is 9.69. The van der Waals surface area contributed by atoms with E-state index in [0.717, 1.165) is 12.0 Å². The second-order valence-electron chi connectivity index (χ2n) is 5.13. The summed E-state index contributed by atoms with van der Waals surface area (Å²) < 4.78 is 4.63. The molecule has 110 valence electrons. The van der Waals surface area contributed by atoms with Crippen molar-refractivity contribution in [2.45, 2.75) is 25.3 Å². The van der Waals surface area contributed by atoms with Gasteiger partial charge in [-0.25, -0.2) is 0 Å². The summed E-state index contributed by atoms with van der Waals surface area (Å²) in [6, 6.07) is 18.5. The van der Waals surface area contributed by atoms with Crippen molar-refractivity contribution >= 4 is 5.97 Å². The third-order valence-corrected chi connectivity index (χ3v) is 3.55. The zero-order valence-electron chi connectivity index (χ0n) is 12.3. The molecular formula is C18H21NO2. The predicted octanol–water partition coefficient (Wildman–Crippen LogP) is 3.23. The Labute approximate surface area is 125 Å². The normalized spacial score (nSPS) is 11.9. The van der Waals surface area contributed by atoms with E-state index < -0.39 is 0 Å². The third-order valence-electron chi connectivity index (χ3n) is 3.55. The van der Waals surface area contributed by atoms with Gasteiger partial charge in [0.1, 0.15) is 0 Å². The Kier molecular flexibility index (Phi) is 5.52. The third kappa shape index (κ3) is 4.72. The fraction of sp³-hybridized carbons (Fsp3) is 0.278.